The van der Waals surface area contributed by atoms with E-state index in [2.05, 4.69) is 15.5 Å². The number of aromatic nitrogens is 1. The predicted octanol–water partition coefficient (Wildman–Crippen LogP) is 0.415. The van der Waals surface area contributed by atoms with Crippen molar-refractivity contribution in [3.63, 3.8) is 0 Å². The van der Waals surface area contributed by atoms with Crippen molar-refractivity contribution in [2.45, 2.75) is 13.3 Å². The fourth-order valence-corrected chi connectivity index (χ4v) is 2.60. The van der Waals surface area contributed by atoms with Gasteiger partial charge in [-0.3, -0.25) is 4.79 Å². The summed E-state index contributed by atoms with van der Waals surface area (Å²) in [5, 5.41) is 15.0. The van der Waals surface area contributed by atoms with Crippen LogP contribution in [-0.4, -0.2) is 23.1 Å². The number of carboxylic acid groups (broad SMARTS) is 1. The molecule has 114 valence electrons. The Hall–Kier alpha value is -2.74. The molecule has 0 aliphatic rings. The van der Waals surface area contributed by atoms with Gasteiger partial charge in [0, 0.05) is 11.1 Å². The number of aromatic carboxylic acids is 1. The van der Waals surface area contributed by atoms with Crippen LogP contribution in [0.5, 0.6) is 0 Å². The highest BCUT2D eigenvalue weighted by Gasteiger charge is 2.15. The highest BCUT2D eigenvalue weighted by Crippen LogP contribution is 2.20. The number of carbonyl (C=O) groups excluding carboxylic acids is 2. The van der Waals surface area contributed by atoms with Crippen LogP contribution in [-0.2, 0) is 6.42 Å². The van der Waals surface area contributed by atoms with Gasteiger partial charge in [0.1, 0.15) is 4.88 Å². The Labute approximate surface area is 130 Å². The van der Waals surface area contributed by atoms with E-state index < -0.39 is 11.9 Å². The Morgan fingerprint density at radius 3 is 2.86 bits per heavy atom. The van der Waals surface area contributed by atoms with Crippen LogP contribution in [0.3, 0.4) is 0 Å². The molecule has 0 atom stereocenters. The molecule has 3 N–H and O–H groups in total. The number of nitrogens with two attached hydrogens (primary N) is 1. The Bertz CT molecular complexity index is 739. The molecule has 0 aliphatic carbocycles. The number of rotatable bonds is 5. The van der Waals surface area contributed by atoms with Gasteiger partial charge in [-0.2, -0.15) is 5.10 Å². The number of benzene rings is 1. The molecule has 1 amide bonds. The fraction of sp³-hybridized carbons (Fsp3) is 0.143. The number of hydrogen-bond acceptors (Lipinski definition) is 7. The molecule has 0 saturated heterocycles. The summed E-state index contributed by atoms with van der Waals surface area (Å²) in [6.45, 7) is 1.87. The minimum atomic E-state index is -1.31. The molecule has 0 spiro atoms. The second-order valence-electron chi connectivity index (χ2n) is 4.26. The summed E-state index contributed by atoms with van der Waals surface area (Å²) < 4.78 is 0. The van der Waals surface area contributed by atoms with Gasteiger partial charge in [0.05, 0.1) is 17.9 Å². The lowest BCUT2D eigenvalue weighted by molar-refractivity contribution is -0.255. The molecule has 1 aromatic carbocycles. The van der Waals surface area contributed by atoms with Crippen molar-refractivity contribution in [3.05, 3.63) is 46.0 Å². The molecule has 22 heavy (non-hydrogen) atoms. The van der Waals surface area contributed by atoms with E-state index in [9.17, 15) is 14.7 Å². The summed E-state index contributed by atoms with van der Waals surface area (Å²) in [6, 6.07) is 6.20. The van der Waals surface area contributed by atoms with Crippen molar-refractivity contribution < 1.29 is 14.7 Å². The second kappa shape index (κ2) is 6.81. The van der Waals surface area contributed by atoms with Crippen molar-refractivity contribution in [2.75, 3.05) is 5.73 Å². The lowest BCUT2D eigenvalue weighted by Crippen LogP contribution is -2.24. The summed E-state index contributed by atoms with van der Waals surface area (Å²) >= 11 is 1.08. The Kier molecular flexibility index (Phi) is 4.84. The minimum Gasteiger partial charge on any atom is -0.545 e. The molecule has 0 fully saturated rings. The number of carbonyl (C=O) groups is 2. The second-order valence-corrected chi connectivity index (χ2v) is 5.29. The lowest BCUT2D eigenvalue weighted by atomic mass is 10.1. The van der Waals surface area contributed by atoms with Gasteiger partial charge in [-0.1, -0.05) is 42.5 Å². The Balaban J connectivity index is 2.13. The molecule has 0 bridgehead atoms. The summed E-state index contributed by atoms with van der Waals surface area (Å²) in [7, 11) is 0. The van der Waals surface area contributed by atoms with Crippen LogP contribution in [0.25, 0.3) is 0 Å². The summed E-state index contributed by atoms with van der Waals surface area (Å²) in [5.41, 5.74) is 8.85. The van der Waals surface area contributed by atoms with E-state index >= 15 is 0 Å². The number of nitrogen functional groups attached to an aromatic ring is 1. The molecule has 1 heterocycles. The van der Waals surface area contributed by atoms with E-state index in [0.29, 0.717) is 27.7 Å². The monoisotopic (exact) mass is 317 g/mol. The van der Waals surface area contributed by atoms with Gasteiger partial charge >= 0.3 is 0 Å². The average molecular weight is 317 g/mol. The quantitative estimate of drug-likeness (QED) is 0.611. The lowest BCUT2D eigenvalue weighted by Gasteiger charge is -2.05. The summed E-state index contributed by atoms with van der Waals surface area (Å²) in [6.07, 6.45) is 1.83. The molecular formula is C14H13N4O3S-. The maximum absolute atomic E-state index is 12.0. The van der Waals surface area contributed by atoms with Gasteiger partial charge in [0.15, 0.2) is 5.13 Å². The molecule has 2 rings (SSSR count). The van der Waals surface area contributed by atoms with E-state index in [1.54, 1.807) is 18.2 Å². The number of nitrogens with one attached hydrogen (secondary N) is 1. The van der Waals surface area contributed by atoms with E-state index in [1.165, 1.54) is 12.3 Å². The molecular weight excluding hydrogens is 304 g/mol. The summed E-state index contributed by atoms with van der Waals surface area (Å²) in [5.74, 6) is -1.75. The number of amides is 1. The summed E-state index contributed by atoms with van der Waals surface area (Å²) in [4.78, 5) is 27.4. The minimum absolute atomic E-state index is 0.00298. The van der Waals surface area contributed by atoms with Crippen LogP contribution in [0, 0.1) is 0 Å². The predicted molar refractivity (Wildman–Crippen MR) is 81.7 cm³/mol. The number of hydrogen-bond donors (Lipinski definition) is 2. The zero-order chi connectivity index (χ0) is 16.1. The van der Waals surface area contributed by atoms with E-state index in [-0.39, 0.29) is 5.56 Å². The van der Waals surface area contributed by atoms with Crippen molar-refractivity contribution in [2.24, 2.45) is 5.10 Å². The highest BCUT2D eigenvalue weighted by atomic mass is 32.1. The van der Waals surface area contributed by atoms with Crippen molar-refractivity contribution in [1.82, 2.24) is 10.4 Å². The topological polar surface area (TPSA) is 120 Å². The average Bonchev–Trinajstić information content (AvgIpc) is 2.88. The molecule has 2 aromatic rings. The Morgan fingerprint density at radius 1 is 1.45 bits per heavy atom. The van der Waals surface area contributed by atoms with E-state index in [0.717, 1.165) is 11.3 Å². The first-order valence-corrected chi connectivity index (χ1v) is 7.23. The van der Waals surface area contributed by atoms with Crippen LogP contribution >= 0.6 is 11.3 Å². The number of nitrogens with zero attached hydrogens (tertiary/aromatic N) is 2. The van der Waals surface area contributed by atoms with E-state index in [1.807, 2.05) is 6.92 Å². The largest absolute Gasteiger partial charge is 0.545 e. The van der Waals surface area contributed by atoms with Gasteiger partial charge < -0.3 is 15.6 Å². The van der Waals surface area contributed by atoms with Gasteiger partial charge in [0.2, 0.25) is 0 Å². The van der Waals surface area contributed by atoms with Crippen LogP contribution in [0.4, 0.5) is 5.13 Å². The first-order valence-electron chi connectivity index (χ1n) is 6.42. The van der Waals surface area contributed by atoms with Gasteiger partial charge in [-0.15, -0.1) is 0 Å². The first-order chi connectivity index (χ1) is 10.5. The zero-order valence-corrected chi connectivity index (χ0v) is 12.5. The maximum Gasteiger partial charge on any atom is 0.283 e. The van der Waals surface area contributed by atoms with Crippen LogP contribution < -0.4 is 16.3 Å². The number of hydrazone groups is 1. The first kappa shape index (κ1) is 15.6. The third-order valence-corrected chi connectivity index (χ3v) is 3.73. The van der Waals surface area contributed by atoms with Crippen molar-refractivity contribution in [1.29, 1.82) is 0 Å². The number of anilines is 1. The van der Waals surface area contributed by atoms with Crippen LogP contribution in [0.15, 0.2) is 29.4 Å². The maximum atomic E-state index is 12.0. The van der Waals surface area contributed by atoms with Gasteiger partial charge in [-0.25, -0.2) is 10.4 Å². The van der Waals surface area contributed by atoms with Crippen molar-refractivity contribution in [3.8, 4) is 0 Å². The smallest absolute Gasteiger partial charge is 0.283 e. The fourth-order valence-electron chi connectivity index (χ4n) is 1.79. The van der Waals surface area contributed by atoms with Crippen LogP contribution in [0.2, 0.25) is 0 Å². The molecule has 1 aromatic heterocycles. The number of carboxylic acids is 1. The number of thiazole rings is 1. The zero-order valence-electron chi connectivity index (χ0n) is 11.7. The molecule has 0 aliphatic heterocycles. The highest BCUT2D eigenvalue weighted by molar-refractivity contribution is 7.17. The molecule has 7 nitrogen and oxygen atoms in total. The normalized spacial score (nSPS) is 10.8. The third kappa shape index (κ3) is 3.47. The SMILES string of the molecule is CCc1nc(N)sc1C(=O)N/N=C\c1ccccc1C(=O)[O-]. The molecule has 0 saturated carbocycles. The Morgan fingerprint density at radius 2 is 2.18 bits per heavy atom. The van der Waals surface area contributed by atoms with Gasteiger partial charge in [0.25, 0.3) is 5.91 Å². The van der Waals surface area contributed by atoms with Crippen LogP contribution in [0.1, 0.15) is 38.2 Å². The van der Waals surface area contributed by atoms with Crippen molar-refractivity contribution >= 4 is 34.6 Å². The number of aryl methyl sites for hydroxylation is 1. The third-order valence-electron chi connectivity index (χ3n) is 2.81. The molecule has 0 unspecified atom stereocenters. The molecule has 8 heteroatoms. The standard InChI is InChI=1S/C14H14N4O3S/c1-2-10-11(22-14(15)17-10)12(19)18-16-7-8-5-3-4-6-9(8)13(20)21/h3-7H,2H2,1H3,(H2,15,17)(H,18,19)(H,20,21)/p-1/b16-7-. The van der Waals surface area contributed by atoms with E-state index in [4.69, 9.17) is 5.73 Å². The van der Waals surface area contributed by atoms with Gasteiger partial charge in [-0.05, 0) is 6.42 Å². The molecule has 0 radical (unpaired) electrons.